The van der Waals surface area contributed by atoms with Crippen molar-refractivity contribution in [3.05, 3.63) is 28.8 Å². The Morgan fingerprint density at radius 1 is 1.59 bits per heavy atom. The van der Waals surface area contributed by atoms with Gasteiger partial charge in [0.25, 0.3) is 0 Å². The highest BCUT2D eigenvalue weighted by atomic mass is 32.1. The van der Waals surface area contributed by atoms with E-state index in [-0.39, 0.29) is 6.54 Å². The maximum atomic E-state index is 11.6. The minimum absolute atomic E-state index is 0.175. The molecule has 0 aliphatic rings. The van der Waals surface area contributed by atoms with E-state index in [2.05, 4.69) is 17.6 Å². The van der Waals surface area contributed by atoms with E-state index >= 15 is 0 Å². The summed E-state index contributed by atoms with van der Waals surface area (Å²) in [5.74, 6) is -0.478. The summed E-state index contributed by atoms with van der Waals surface area (Å²) < 4.78 is 4.12. The van der Waals surface area contributed by atoms with Gasteiger partial charge in [-0.1, -0.05) is 0 Å². The average molecular weight is 257 g/mol. The second-order valence-corrected chi connectivity index (χ2v) is 4.97. The lowest BCUT2D eigenvalue weighted by atomic mass is 10.0. The molecule has 0 saturated heterocycles. The smallest absolute Gasteiger partial charge is 0.338 e. The molecular formula is C11H17N2O3S+. The Bertz CT molecular complexity index is 441. The lowest BCUT2D eigenvalue weighted by molar-refractivity contribution is -0.985. The topological polar surface area (TPSA) is 72.5 Å². The predicted octanol–water partition coefficient (Wildman–Crippen LogP) is 1.54. The molecule has 0 radical (unpaired) electrons. The minimum Gasteiger partial charge on any atom is -0.465 e. The molecule has 0 spiro atoms. The molecule has 3 N–H and O–H groups in total. The third-order valence-corrected chi connectivity index (χ3v) is 2.51. The van der Waals surface area contributed by atoms with Gasteiger partial charge in [-0.05, 0) is 24.6 Å². The van der Waals surface area contributed by atoms with Crippen LogP contribution < -0.4 is 5.73 Å². The van der Waals surface area contributed by atoms with Crippen LogP contribution in [0.25, 0.3) is 0 Å². The Kier molecular flexibility index (Phi) is 4.03. The van der Waals surface area contributed by atoms with Crippen molar-refractivity contribution in [1.29, 1.82) is 0 Å². The first kappa shape index (κ1) is 13.8. The summed E-state index contributed by atoms with van der Waals surface area (Å²) in [5.41, 5.74) is 8.10. The molecule has 0 heterocycles. The molecule has 6 heteroatoms. The summed E-state index contributed by atoms with van der Waals surface area (Å²) in [4.78, 5) is 11.6. The predicted molar refractivity (Wildman–Crippen MR) is 67.6 cm³/mol. The lowest BCUT2D eigenvalue weighted by Gasteiger charge is -2.19. The SMILES string of the molecule is COC(=O)c1cc(N)c(C)cc1C[N+](C)(O)S. The van der Waals surface area contributed by atoms with Crippen molar-refractivity contribution in [3.8, 4) is 0 Å². The monoisotopic (exact) mass is 257 g/mol. The Morgan fingerprint density at radius 3 is 2.65 bits per heavy atom. The zero-order valence-electron chi connectivity index (χ0n) is 10.1. The molecule has 1 atom stereocenters. The van der Waals surface area contributed by atoms with Gasteiger partial charge in [-0.25, -0.2) is 10.0 Å². The number of rotatable bonds is 3. The van der Waals surface area contributed by atoms with Crippen LogP contribution in [0.1, 0.15) is 21.5 Å². The molecule has 1 aromatic carbocycles. The van der Waals surface area contributed by atoms with Crippen molar-refractivity contribution in [3.63, 3.8) is 0 Å². The number of carbonyl (C=O) groups excluding carboxylic acids is 1. The molecule has 0 amide bonds. The molecule has 5 nitrogen and oxygen atoms in total. The Hall–Kier alpha value is -1.24. The van der Waals surface area contributed by atoms with E-state index in [4.69, 9.17) is 5.73 Å². The summed E-state index contributed by atoms with van der Waals surface area (Å²) in [6.45, 7) is 2.01. The normalized spacial score (nSPS) is 14.2. The number of nitrogen functional groups attached to an aromatic ring is 1. The summed E-state index contributed by atoms with van der Waals surface area (Å²) in [7, 11) is 2.80. The van der Waals surface area contributed by atoms with Gasteiger partial charge in [0, 0.05) is 11.3 Å². The summed E-state index contributed by atoms with van der Waals surface area (Å²) in [5, 5.41) is 9.63. The maximum Gasteiger partial charge on any atom is 0.338 e. The van der Waals surface area contributed by atoms with Gasteiger partial charge >= 0.3 is 5.97 Å². The number of benzene rings is 1. The summed E-state index contributed by atoms with van der Waals surface area (Å²) in [6, 6.07) is 3.31. The molecule has 0 aliphatic carbocycles. The highest BCUT2D eigenvalue weighted by Crippen LogP contribution is 2.22. The highest BCUT2D eigenvalue weighted by molar-refractivity contribution is 7.74. The molecule has 0 aromatic heterocycles. The molecule has 0 bridgehead atoms. The number of hydroxylamine groups is 2. The summed E-state index contributed by atoms with van der Waals surface area (Å²) in [6.07, 6.45) is 0. The Balaban J connectivity index is 3.26. The van der Waals surface area contributed by atoms with Gasteiger partial charge in [-0.3, -0.25) is 0 Å². The number of esters is 1. The molecule has 0 aliphatic heterocycles. The zero-order valence-corrected chi connectivity index (χ0v) is 11.0. The van der Waals surface area contributed by atoms with Gasteiger partial charge in [-0.2, -0.15) is 0 Å². The average Bonchev–Trinajstić information content (AvgIpc) is 2.20. The van der Waals surface area contributed by atoms with Crippen LogP contribution in [0.15, 0.2) is 12.1 Å². The van der Waals surface area contributed by atoms with E-state index in [0.29, 0.717) is 16.8 Å². The van der Waals surface area contributed by atoms with Crippen LogP contribution in [-0.4, -0.2) is 29.4 Å². The number of nitrogens with two attached hydrogens (primary N) is 1. The van der Waals surface area contributed by atoms with Gasteiger partial charge in [-0.15, -0.1) is 4.05 Å². The van der Waals surface area contributed by atoms with Crippen LogP contribution in [0, 0.1) is 6.92 Å². The quantitative estimate of drug-likeness (QED) is 0.252. The molecule has 1 aromatic rings. The van der Waals surface area contributed by atoms with Gasteiger partial charge in [0.15, 0.2) is 0 Å². The van der Waals surface area contributed by atoms with Crippen molar-refractivity contribution in [2.75, 3.05) is 19.9 Å². The van der Waals surface area contributed by atoms with Crippen molar-refractivity contribution >= 4 is 24.5 Å². The van der Waals surface area contributed by atoms with Gasteiger partial charge < -0.3 is 10.5 Å². The van der Waals surface area contributed by atoms with Gasteiger partial charge in [0.05, 0.1) is 25.5 Å². The standard InChI is InChI=1S/C11H17N2O3S/c1-7-4-8(6-13(2,15)17)9(5-10(7)12)11(14)16-3/h4-5,15,17H,6,12H2,1-3H3/q+1. The van der Waals surface area contributed by atoms with E-state index in [1.54, 1.807) is 12.1 Å². The van der Waals surface area contributed by atoms with Crippen molar-refractivity contribution in [1.82, 2.24) is 0 Å². The van der Waals surface area contributed by atoms with Crippen molar-refractivity contribution in [2.45, 2.75) is 13.5 Å². The van der Waals surface area contributed by atoms with Crippen LogP contribution >= 0.6 is 12.8 Å². The lowest BCUT2D eigenvalue weighted by Crippen LogP contribution is -2.29. The van der Waals surface area contributed by atoms with Crippen LogP contribution in [-0.2, 0) is 11.3 Å². The molecule has 1 unspecified atom stereocenters. The van der Waals surface area contributed by atoms with E-state index in [1.165, 1.54) is 14.2 Å². The van der Waals surface area contributed by atoms with E-state index < -0.39 is 10.0 Å². The van der Waals surface area contributed by atoms with Crippen LogP contribution in [0.4, 0.5) is 5.69 Å². The van der Waals surface area contributed by atoms with Gasteiger partial charge in [0.1, 0.15) is 13.6 Å². The fourth-order valence-electron chi connectivity index (χ4n) is 1.54. The van der Waals surface area contributed by atoms with Crippen molar-refractivity contribution < 1.29 is 18.8 Å². The first-order chi connectivity index (χ1) is 7.74. The van der Waals surface area contributed by atoms with E-state index in [0.717, 1.165) is 5.56 Å². The molecule has 0 fully saturated rings. The number of carbonyl (C=O) groups is 1. The number of methoxy groups -OCH3 is 1. The number of hydrogen-bond donors (Lipinski definition) is 3. The fourth-order valence-corrected chi connectivity index (χ4v) is 1.69. The van der Waals surface area contributed by atoms with E-state index in [9.17, 15) is 10.0 Å². The Morgan fingerprint density at radius 2 is 2.18 bits per heavy atom. The third-order valence-electron chi connectivity index (χ3n) is 2.37. The first-order valence-electron chi connectivity index (χ1n) is 5.03. The number of quaternary nitrogens is 1. The molecule has 0 saturated carbocycles. The van der Waals surface area contributed by atoms with Crippen LogP contribution in [0.2, 0.25) is 0 Å². The minimum atomic E-state index is -0.562. The molecular weight excluding hydrogens is 240 g/mol. The third kappa shape index (κ3) is 3.62. The van der Waals surface area contributed by atoms with Crippen LogP contribution in [0.3, 0.4) is 0 Å². The van der Waals surface area contributed by atoms with Crippen molar-refractivity contribution in [2.24, 2.45) is 0 Å². The molecule has 94 valence electrons. The largest absolute Gasteiger partial charge is 0.465 e. The maximum absolute atomic E-state index is 11.6. The fraction of sp³-hybridized carbons (Fsp3) is 0.364. The number of ether oxygens (including phenoxy) is 1. The van der Waals surface area contributed by atoms with Gasteiger partial charge in [0.2, 0.25) is 0 Å². The second-order valence-electron chi connectivity index (χ2n) is 4.10. The summed E-state index contributed by atoms with van der Waals surface area (Å²) >= 11 is 3.98. The number of aryl methyl sites for hydroxylation is 1. The van der Waals surface area contributed by atoms with E-state index in [1.807, 2.05) is 6.92 Å². The number of nitrogens with zero attached hydrogens (tertiary/aromatic N) is 1. The number of thiol groups is 1. The molecule has 17 heavy (non-hydrogen) atoms. The highest BCUT2D eigenvalue weighted by Gasteiger charge is 2.21. The number of anilines is 1. The zero-order chi connectivity index (χ0) is 13.2. The second kappa shape index (κ2) is 4.95. The Labute approximate surface area is 106 Å². The number of hydrogen-bond acceptors (Lipinski definition) is 5. The van der Waals surface area contributed by atoms with Crippen LogP contribution in [0.5, 0.6) is 0 Å². The first-order valence-corrected chi connectivity index (χ1v) is 5.43. The molecule has 1 rings (SSSR count).